The number of hydrazone groups is 1. The van der Waals surface area contributed by atoms with Crippen molar-refractivity contribution >= 4 is 28.9 Å². The van der Waals surface area contributed by atoms with Gasteiger partial charge in [0.05, 0.1) is 30.5 Å². The summed E-state index contributed by atoms with van der Waals surface area (Å²) < 4.78 is 5.38. The number of aromatic nitrogens is 2. The van der Waals surface area contributed by atoms with Gasteiger partial charge in [0.25, 0.3) is 0 Å². The maximum absolute atomic E-state index is 5.38. The molecule has 2 aromatic carbocycles. The molecule has 1 aliphatic rings. The number of para-hydroxylation sites is 2. The molecule has 0 spiro atoms. The molecule has 0 saturated carbocycles. The van der Waals surface area contributed by atoms with Crippen molar-refractivity contribution in [3.8, 4) is 0 Å². The minimum atomic E-state index is 0.636. The molecule has 3 aromatic rings. The lowest BCUT2D eigenvalue weighted by Gasteiger charge is -2.28. The SMILES string of the molecule is C(=NNc1nc2ccccc2[nH]1)c1ccc(N2CCOCC2)cc1. The topological polar surface area (TPSA) is 65.5 Å². The summed E-state index contributed by atoms with van der Waals surface area (Å²) in [6.45, 7) is 3.48. The van der Waals surface area contributed by atoms with E-state index in [0.717, 1.165) is 42.9 Å². The molecule has 122 valence electrons. The van der Waals surface area contributed by atoms with E-state index in [2.05, 4.69) is 49.7 Å². The molecule has 2 N–H and O–H groups in total. The molecule has 0 bridgehead atoms. The van der Waals surface area contributed by atoms with Crippen LogP contribution in [0.1, 0.15) is 5.56 Å². The third kappa shape index (κ3) is 3.23. The fraction of sp³-hybridized carbons (Fsp3) is 0.222. The fourth-order valence-corrected chi connectivity index (χ4v) is 2.77. The normalized spacial score (nSPS) is 15.2. The van der Waals surface area contributed by atoms with E-state index in [1.54, 1.807) is 6.21 Å². The Bertz CT molecular complexity index is 801. The van der Waals surface area contributed by atoms with E-state index in [1.165, 1.54) is 5.69 Å². The minimum absolute atomic E-state index is 0.636. The Labute approximate surface area is 140 Å². The van der Waals surface area contributed by atoms with Crippen molar-refractivity contribution < 1.29 is 4.74 Å². The zero-order valence-corrected chi connectivity index (χ0v) is 13.3. The van der Waals surface area contributed by atoms with Crippen LogP contribution in [0.15, 0.2) is 53.6 Å². The first-order valence-electron chi connectivity index (χ1n) is 8.05. The van der Waals surface area contributed by atoms with Crippen molar-refractivity contribution in [3.05, 3.63) is 54.1 Å². The third-order valence-electron chi connectivity index (χ3n) is 4.04. The molecule has 24 heavy (non-hydrogen) atoms. The molecule has 1 aliphatic heterocycles. The van der Waals surface area contributed by atoms with E-state index < -0.39 is 0 Å². The van der Waals surface area contributed by atoms with Gasteiger partial charge in [0.2, 0.25) is 5.95 Å². The Morgan fingerprint density at radius 2 is 1.88 bits per heavy atom. The number of nitrogens with zero attached hydrogens (tertiary/aromatic N) is 3. The highest BCUT2D eigenvalue weighted by atomic mass is 16.5. The van der Waals surface area contributed by atoms with Crippen molar-refractivity contribution in [1.82, 2.24) is 9.97 Å². The molecule has 0 aliphatic carbocycles. The van der Waals surface area contributed by atoms with Crippen molar-refractivity contribution in [2.75, 3.05) is 36.6 Å². The largest absolute Gasteiger partial charge is 0.378 e. The van der Waals surface area contributed by atoms with Crippen LogP contribution in [-0.4, -0.2) is 42.5 Å². The lowest BCUT2D eigenvalue weighted by atomic mass is 10.2. The smallest absolute Gasteiger partial charge is 0.222 e. The molecule has 2 heterocycles. The number of aromatic amines is 1. The molecule has 6 nitrogen and oxygen atoms in total. The van der Waals surface area contributed by atoms with E-state index in [0.29, 0.717) is 5.95 Å². The number of nitrogens with one attached hydrogen (secondary N) is 2. The number of anilines is 2. The molecule has 0 amide bonds. The number of fused-ring (bicyclic) bond motifs is 1. The zero-order chi connectivity index (χ0) is 16.2. The quantitative estimate of drug-likeness (QED) is 0.573. The Balaban J connectivity index is 1.40. The fourth-order valence-electron chi connectivity index (χ4n) is 2.77. The average Bonchev–Trinajstić information content (AvgIpc) is 3.06. The van der Waals surface area contributed by atoms with Crippen LogP contribution in [0.4, 0.5) is 11.6 Å². The summed E-state index contributed by atoms with van der Waals surface area (Å²) in [4.78, 5) is 9.93. The number of imidazole rings is 1. The van der Waals surface area contributed by atoms with Gasteiger partial charge in [0.15, 0.2) is 0 Å². The Hall–Kier alpha value is -2.86. The summed E-state index contributed by atoms with van der Waals surface area (Å²) in [6, 6.07) is 16.3. The number of morpholine rings is 1. The maximum Gasteiger partial charge on any atom is 0.222 e. The molecule has 0 unspecified atom stereocenters. The third-order valence-corrected chi connectivity index (χ3v) is 4.04. The van der Waals surface area contributed by atoms with Gasteiger partial charge in [-0.15, -0.1) is 0 Å². The second-order valence-electron chi connectivity index (χ2n) is 5.66. The minimum Gasteiger partial charge on any atom is -0.378 e. The van der Waals surface area contributed by atoms with Crippen molar-refractivity contribution in [2.24, 2.45) is 5.10 Å². The van der Waals surface area contributed by atoms with E-state index in [4.69, 9.17) is 4.74 Å². The molecule has 0 radical (unpaired) electrons. The maximum atomic E-state index is 5.38. The van der Waals surface area contributed by atoms with Crippen molar-refractivity contribution in [2.45, 2.75) is 0 Å². The molecule has 4 rings (SSSR count). The van der Waals surface area contributed by atoms with Gasteiger partial charge >= 0.3 is 0 Å². The predicted octanol–water partition coefficient (Wildman–Crippen LogP) is 2.85. The first-order chi connectivity index (χ1) is 11.9. The second-order valence-corrected chi connectivity index (χ2v) is 5.66. The predicted molar refractivity (Wildman–Crippen MR) is 96.8 cm³/mol. The molecule has 0 atom stereocenters. The monoisotopic (exact) mass is 321 g/mol. The van der Waals surface area contributed by atoms with E-state index in [1.807, 2.05) is 24.3 Å². The first-order valence-corrected chi connectivity index (χ1v) is 8.05. The van der Waals surface area contributed by atoms with Crippen LogP contribution in [0, 0.1) is 0 Å². The van der Waals surface area contributed by atoms with Gasteiger partial charge in [-0.25, -0.2) is 10.4 Å². The summed E-state index contributed by atoms with van der Waals surface area (Å²) >= 11 is 0. The molecule has 1 fully saturated rings. The van der Waals surface area contributed by atoms with Gasteiger partial charge in [-0.2, -0.15) is 5.10 Å². The molecule has 6 heteroatoms. The highest BCUT2D eigenvalue weighted by molar-refractivity contribution is 5.81. The molecule has 1 aromatic heterocycles. The van der Waals surface area contributed by atoms with Crippen LogP contribution in [0.5, 0.6) is 0 Å². The number of ether oxygens (including phenoxy) is 1. The highest BCUT2D eigenvalue weighted by Gasteiger charge is 2.10. The summed E-state index contributed by atoms with van der Waals surface area (Å²) in [7, 11) is 0. The van der Waals surface area contributed by atoms with Crippen LogP contribution in [-0.2, 0) is 4.74 Å². The van der Waals surface area contributed by atoms with Gasteiger partial charge in [-0.3, -0.25) is 0 Å². The van der Waals surface area contributed by atoms with Gasteiger partial charge < -0.3 is 14.6 Å². The number of hydrogen-bond donors (Lipinski definition) is 2. The first kappa shape index (κ1) is 14.7. The molecular weight excluding hydrogens is 302 g/mol. The van der Waals surface area contributed by atoms with E-state index in [-0.39, 0.29) is 0 Å². The molecular formula is C18H19N5O. The number of H-pyrrole nitrogens is 1. The Morgan fingerprint density at radius 3 is 2.67 bits per heavy atom. The Kier molecular flexibility index (Phi) is 4.12. The number of rotatable bonds is 4. The van der Waals surface area contributed by atoms with E-state index in [9.17, 15) is 0 Å². The average molecular weight is 321 g/mol. The van der Waals surface area contributed by atoms with Gasteiger partial charge in [-0.1, -0.05) is 24.3 Å². The van der Waals surface area contributed by atoms with Gasteiger partial charge in [0, 0.05) is 18.8 Å². The zero-order valence-electron chi connectivity index (χ0n) is 13.3. The van der Waals surface area contributed by atoms with Crippen molar-refractivity contribution in [3.63, 3.8) is 0 Å². The lowest BCUT2D eigenvalue weighted by Crippen LogP contribution is -2.36. The van der Waals surface area contributed by atoms with Crippen LogP contribution in [0.25, 0.3) is 11.0 Å². The summed E-state index contributed by atoms with van der Waals surface area (Å²) in [5, 5.41) is 4.25. The highest BCUT2D eigenvalue weighted by Crippen LogP contribution is 2.16. The second kappa shape index (κ2) is 6.72. The van der Waals surface area contributed by atoms with Crippen molar-refractivity contribution in [1.29, 1.82) is 0 Å². The number of hydrogen-bond acceptors (Lipinski definition) is 5. The van der Waals surface area contributed by atoms with Gasteiger partial charge in [-0.05, 0) is 29.8 Å². The standard InChI is InChI=1S/C18H19N5O/c1-2-4-17-16(3-1)20-18(21-17)22-19-13-14-5-7-15(8-6-14)23-9-11-24-12-10-23/h1-8,13H,9-12H2,(H2,20,21,22). The van der Waals surface area contributed by atoms with Crippen LogP contribution < -0.4 is 10.3 Å². The summed E-state index contributed by atoms with van der Waals surface area (Å²) in [5.41, 5.74) is 7.11. The molecule has 1 saturated heterocycles. The summed E-state index contributed by atoms with van der Waals surface area (Å²) in [5.74, 6) is 0.636. The van der Waals surface area contributed by atoms with Crippen LogP contribution >= 0.6 is 0 Å². The van der Waals surface area contributed by atoms with Crippen LogP contribution in [0.2, 0.25) is 0 Å². The lowest BCUT2D eigenvalue weighted by molar-refractivity contribution is 0.122. The number of benzene rings is 2. The van der Waals surface area contributed by atoms with Crippen LogP contribution in [0.3, 0.4) is 0 Å². The van der Waals surface area contributed by atoms with Gasteiger partial charge in [0.1, 0.15) is 0 Å². The summed E-state index contributed by atoms with van der Waals surface area (Å²) in [6.07, 6.45) is 1.79. The van der Waals surface area contributed by atoms with E-state index >= 15 is 0 Å². The Morgan fingerprint density at radius 1 is 1.08 bits per heavy atom.